The van der Waals surface area contributed by atoms with E-state index in [2.05, 4.69) is 4.74 Å². The van der Waals surface area contributed by atoms with Gasteiger partial charge >= 0.3 is 5.97 Å². The van der Waals surface area contributed by atoms with Crippen LogP contribution in [0, 0.1) is 0 Å². The fourth-order valence-electron chi connectivity index (χ4n) is 2.17. The van der Waals surface area contributed by atoms with Crippen molar-refractivity contribution in [3.05, 3.63) is 60.2 Å². The van der Waals surface area contributed by atoms with Crippen molar-refractivity contribution in [3.63, 3.8) is 0 Å². The minimum Gasteiger partial charge on any atom is -0.493 e. The highest BCUT2D eigenvalue weighted by Crippen LogP contribution is 2.28. The molecule has 136 valence electrons. The van der Waals surface area contributed by atoms with Gasteiger partial charge in [-0.2, -0.15) is 0 Å². The molecule has 0 heterocycles. The van der Waals surface area contributed by atoms with Gasteiger partial charge in [0, 0.05) is 18.8 Å². The molecule has 0 bridgehead atoms. The highest BCUT2D eigenvalue weighted by atomic mass is 16.5. The Morgan fingerprint density at radius 3 is 2.42 bits per heavy atom. The molecule has 1 amide bonds. The molecular formula is C20H21NO5. The van der Waals surface area contributed by atoms with Crippen LogP contribution in [0.5, 0.6) is 11.5 Å². The molecular weight excluding hydrogens is 334 g/mol. The maximum Gasteiger partial charge on any atom is 0.330 e. The SMILES string of the molecule is COC(=O)/C=C/c1ccc(OCC(=O)N(C)c2ccccc2)c(OC)c1. The van der Waals surface area contributed by atoms with Crippen molar-refractivity contribution in [1.82, 2.24) is 0 Å². The van der Waals surface area contributed by atoms with Crippen LogP contribution in [0.3, 0.4) is 0 Å². The van der Waals surface area contributed by atoms with Crippen LogP contribution < -0.4 is 14.4 Å². The number of likely N-dealkylation sites (N-methyl/N-ethyl adjacent to an activating group) is 1. The maximum atomic E-state index is 12.3. The summed E-state index contributed by atoms with van der Waals surface area (Å²) in [6.07, 6.45) is 2.92. The Labute approximate surface area is 152 Å². The first-order chi connectivity index (χ1) is 12.5. The third-order valence-electron chi connectivity index (χ3n) is 3.67. The molecule has 6 nitrogen and oxygen atoms in total. The van der Waals surface area contributed by atoms with E-state index >= 15 is 0 Å². The van der Waals surface area contributed by atoms with Crippen molar-refractivity contribution in [3.8, 4) is 11.5 Å². The standard InChI is InChI=1S/C20H21NO5/c1-21(16-7-5-4-6-8-16)19(22)14-26-17-11-9-15(13-18(17)24-2)10-12-20(23)25-3/h4-13H,14H2,1-3H3/b12-10+. The zero-order valence-corrected chi connectivity index (χ0v) is 15.0. The topological polar surface area (TPSA) is 65.1 Å². The third kappa shape index (κ3) is 5.11. The Morgan fingerprint density at radius 1 is 1.04 bits per heavy atom. The number of rotatable bonds is 7. The van der Waals surface area contributed by atoms with Crippen molar-refractivity contribution in [2.75, 3.05) is 32.8 Å². The molecule has 6 heteroatoms. The average molecular weight is 355 g/mol. The molecule has 0 N–H and O–H groups in total. The van der Waals surface area contributed by atoms with E-state index in [4.69, 9.17) is 9.47 Å². The Bertz CT molecular complexity index is 786. The van der Waals surface area contributed by atoms with E-state index in [1.165, 1.54) is 25.2 Å². The van der Waals surface area contributed by atoms with Gasteiger partial charge in [0.2, 0.25) is 0 Å². The zero-order valence-electron chi connectivity index (χ0n) is 15.0. The predicted octanol–water partition coefficient (Wildman–Crippen LogP) is 2.92. The molecule has 26 heavy (non-hydrogen) atoms. The van der Waals surface area contributed by atoms with Gasteiger partial charge < -0.3 is 19.1 Å². The smallest absolute Gasteiger partial charge is 0.330 e. The monoisotopic (exact) mass is 355 g/mol. The molecule has 0 aliphatic rings. The maximum absolute atomic E-state index is 12.3. The molecule has 0 aliphatic carbocycles. The van der Waals surface area contributed by atoms with Crippen molar-refractivity contribution in [2.24, 2.45) is 0 Å². The summed E-state index contributed by atoms with van der Waals surface area (Å²) in [6.45, 7) is -0.126. The van der Waals surface area contributed by atoms with E-state index in [1.807, 2.05) is 30.3 Å². The van der Waals surface area contributed by atoms with Gasteiger partial charge in [-0.05, 0) is 35.9 Å². The van der Waals surface area contributed by atoms with Crippen LogP contribution in [0.4, 0.5) is 5.69 Å². The van der Waals surface area contributed by atoms with Crippen molar-refractivity contribution >= 4 is 23.6 Å². The van der Waals surface area contributed by atoms with E-state index < -0.39 is 5.97 Å². The minimum absolute atomic E-state index is 0.126. The summed E-state index contributed by atoms with van der Waals surface area (Å²) in [5.41, 5.74) is 1.53. The van der Waals surface area contributed by atoms with Gasteiger partial charge in [0.15, 0.2) is 18.1 Å². The first kappa shape index (κ1) is 19.1. The van der Waals surface area contributed by atoms with Gasteiger partial charge in [0.1, 0.15) is 0 Å². The summed E-state index contributed by atoms with van der Waals surface area (Å²) < 4.78 is 15.5. The summed E-state index contributed by atoms with van der Waals surface area (Å²) in [5, 5.41) is 0. The second-order valence-corrected chi connectivity index (χ2v) is 5.34. The van der Waals surface area contributed by atoms with E-state index in [0.29, 0.717) is 11.5 Å². The Morgan fingerprint density at radius 2 is 1.77 bits per heavy atom. The minimum atomic E-state index is -0.446. The van der Waals surface area contributed by atoms with Crippen LogP contribution in [-0.2, 0) is 14.3 Å². The number of nitrogens with zero attached hydrogens (tertiary/aromatic N) is 1. The lowest BCUT2D eigenvalue weighted by Gasteiger charge is -2.18. The molecule has 0 aromatic heterocycles. The third-order valence-corrected chi connectivity index (χ3v) is 3.67. The number of carbonyl (C=O) groups excluding carboxylic acids is 2. The van der Waals surface area contributed by atoms with Gasteiger partial charge in [0.25, 0.3) is 5.91 Å². The second-order valence-electron chi connectivity index (χ2n) is 5.34. The number of benzene rings is 2. The van der Waals surface area contributed by atoms with Crippen molar-refractivity contribution in [1.29, 1.82) is 0 Å². The molecule has 2 aromatic carbocycles. The number of ether oxygens (including phenoxy) is 3. The molecule has 0 atom stereocenters. The molecule has 0 saturated carbocycles. The Kier molecular flexibility index (Phi) is 6.79. The van der Waals surface area contributed by atoms with E-state index in [-0.39, 0.29) is 12.5 Å². The molecule has 0 radical (unpaired) electrons. The first-order valence-electron chi connectivity index (χ1n) is 7.93. The number of methoxy groups -OCH3 is 2. The molecule has 2 rings (SSSR count). The average Bonchev–Trinajstić information content (AvgIpc) is 2.70. The molecule has 0 aliphatic heterocycles. The van der Waals surface area contributed by atoms with Crippen LogP contribution in [0.15, 0.2) is 54.6 Å². The summed E-state index contributed by atoms with van der Waals surface area (Å²) in [6, 6.07) is 14.5. The Hall–Kier alpha value is -3.28. The van der Waals surface area contributed by atoms with Crippen LogP contribution in [0.2, 0.25) is 0 Å². The molecule has 0 fully saturated rings. The zero-order chi connectivity index (χ0) is 18.9. The molecule has 0 spiro atoms. The van der Waals surface area contributed by atoms with Gasteiger partial charge in [-0.3, -0.25) is 4.79 Å². The fourth-order valence-corrected chi connectivity index (χ4v) is 2.17. The van der Waals surface area contributed by atoms with E-state index in [1.54, 1.807) is 31.3 Å². The van der Waals surface area contributed by atoms with Crippen molar-refractivity contribution in [2.45, 2.75) is 0 Å². The largest absolute Gasteiger partial charge is 0.493 e. The lowest BCUT2D eigenvalue weighted by Crippen LogP contribution is -2.31. The lowest BCUT2D eigenvalue weighted by atomic mass is 10.2. The first-order valence-corrected chi connectivity index (χ1v) is 7.93. The summed E-state index contributed by atoms with van der Waals surface area (Å²) in [4.78, 5) is 25.0. The summed E-state index contributed by atoms with van der Waals surface area (Å²) >= 11 is 0. The number of hydrogen-bond donors (Lipinski definition) is 0. The summed E-state index contributed by atoms with van der Waals surface area (Å²) in [7, 11) is 4.51. The van der Waals surface area contributed by atoms with E-state index in [0.717, 1.165) is 11.3 Å². The molecule has 0 unspecified atom stereocenters. The Balaban J connectivity index is 2.03. The number of anilines is 1. The molecule has 0 saturated heterocycles. The number of hydrogen-bond acceptors (Lipinski definition) is 5. The number of amides is 1. The second kappa shape index (κ2) is 9.27. The van der Waals surface area contributed by atoms with Gasteiger partial charge in [0.05, 0.1) is 14.2 Å². The summed E-state index contributed by atoms with van der Waals surface area (Å²) in [5.74, 6) is 0.275. The number of carbonyl (C=O) groups is 2. The highest BCUT2D eigenvalue weighted by Gasteiger charge is 2.13. The highest BCUT2D eigenvalue weighted by molar-refractivity contribution is 5.93. The van der Waals surface area contributed by atoms with Crippen LogP contribution in [0.1, 0.15) is 5.56 Å². The van der Waals surface area contributed by atoms with Crippen LogP contribution in [-0.4, -0.2) is 39.8 Å². The normalized spacial score (nSPS) is 10.4. The van der Waals surface area contributed by atoms with E-state index in [9.17, 15) is 9.59 Å². The lowest BCUT2D eigenvalue weighted by molar-refractivity contribution is -0.134. The predicted molar refractivity (Wildman–Crippen MR) is 99.4 cm³/mol. The molecule has 2 aromatic rings. The van der Waals surface area contributed by atoms with Gasteiger partial charge in [-0.1, -0.05) is 24.3 Å². The van der Waals surface area contributed by atoms with Crippen LogP contribution in [0.25, 0.3) is 6.08 Å². The number of esters is 1. The van der Waals surface area contributed by atoms with Crippen molar-refractivity contribution < 1.29 is 23.8 Å². The number of para-hydroxylation sites is 1. The van der Waals surface area contributed by atoms with Gasteiger partial charge in [-0.15, -0.1) is 0 Å². The van der Waals surface area contributed by atoms with Gasteiger partial charge in [-0.25, -0.2) is 4.79 Å². The fraction of sp³-hybridized carbons (Fsp3) is 0.200. The quantitative estimate of drug-likeness (QED) is 0.564. The van der Waals surface area contributed by atoms with Crippen LogP contribution >= 0.6 is 0 Å².